The van der Waals surface area contributed by atoms with Crippen molar-refractivity contribution in [3.05, 3.63) is 23.8 Å². The lowest BCUT2D eigenvalue weighted by molar-refractivity contribution is 0.171. The van der Waals surface area contributed by atoms with Crippen molar-refractivity contribution in [1.82, 2.24) is 0 Å². The van der Waals surface area contributed by atoms with E-state index >= 15 is 0 Å². The van der Waals surface area contributed by atoms with Crippen LogP contribution < -0.4 is 9.47 Å². The minimum atomic E-state index is 0.514. The molecule has 3 nitrogen and oxygen atoms in total. The van der Waals surface area contributed by atoms with Gasteiger partial charge in [0.15, 0.2) is 11.5 Å². The number of hydrogen-bond acceptors (Lipinski definition) is 3. The summed E-state index contributed by atoms with van der Waals surface area (Å²) in [6.45, 7) is 3.48. The number of nitrogens with zero attached hydrogens (tertiary/aromatic N) is 1. The molecule has 2 unspecified atom stereocenters. The molecule has 0 radical (unpaired) electrons. The molecule has 0 bridgehead atoms. The van der Waals surface area contributed by atoms with Crippen LogP contribution in [0.4, 0.5) is 0 Å². The van der Waals surface area contributed by atoms with E-state index in [0.29, 0.717) is 19.3 Å². The van der Waals surface area contributed by atoms with E-state index in [1.54, 1.807) is 0 Å². The third-order valence-electron chi connectivity index (χ3n) is 3.07. The average molecular weight is 217 g/mol. The molecule has 2 atom stereocenters. The van der Waals surface area contributed by atoms with Crippen LogP contribution in [0.2, 0.25) is 0 Å². The number of ether oxygens (including phenoxy) is 2. The molecule has 0 aromatic heterocycles. The number of fused-ring (bicyclic) bond motifs is 1. The van der Waals surface area contributed by atoms with Crippen molar-refractivity contribution in [2.75, 3.05) is 13.2 Å². The first-order valence-corrected chi connectivity index (χ1v) is 5.76. The van der Waals surface area contributed by atoms with Crippen LogP contribution in [0.5, 0.6) is 11.5 Å². The molecule has 0 amide bonds. The van der Waals surface area contributed by atoms with E-state index in [-0.39, 0.29) is 0 Å². The fraction of sp³-hybridized carbons (Fsp3) is 0.462. The third-order valence-corrected chi connectivity index (χ3v) is 3.07. The fourth-order valence-electron chi connectivity index (χ4n) is 1.88. The van der Waals surface area contributed by atoms with Crippen molar-refractivity contribution in [3.63, 3.8) is 0 Å². The highest BCUT2D eigenvalue weighted by molar-refractivity contribution is 5.85. The number of hydrogen-bond donors (Lipinski definition) is 0. The van der Waals surface area contributed by atoms with E-state index in [9.17, 15) is 0 Å². The van der Waals surface area contributed by atoms with E-state index in [1.165, 1.54) is 6.42 Å². The van der Waals surface area contributed by atoms with Gasteiger partial charge in [-0.1, -0.05) is 13.0 Å². The van der Waals surface area contributed by atoms with Gasteiger partial charge in [-0.3, -0.25) is 4.99 Å². The van der Waals surface area contributed by atoms with E-state index < -0.39 is 0 Å². The number of benzene rings is 1. The summed E-state index contributed by atoms with van der Waals surface area (Å²) in [5.74, 6) is 2.41. The van der Waals surface area contributed by atoms with Gasteiger partial charge in [0, 0.05) is 11.8 Å². The molecule has 0 saturated heterocycles. The van der Waals surface area contributed by atoms with Crippen molar-refractivity contribution in [1.29, 1.82) is 0 Å². The maximum Gasteiger partial charge on any atom is 0.170 e. The quantitative estimate of drug-likeness (QED) is 0.711. The molecule has 1 heterocycles. The summed E-state index contributed by atoms with van der Waals surface area (Å²) in [5, 5.41) is 0. The standard InChI is InChI=1S/C13H15NO2/c1-9-7-11(9)14-8-10-3-2-4-12-13(10)16-6-5-15-12/h2-4,8-9,11H,5-7H2,1H3. The predicted molar refractivity (Wildman–Crippen MR) is 62.6 cm³/mol. The van der Waals surface area contributed by atoms with Gasteiger partial charge in [-0.15, -0.1) is 0 Å². The van der Waals surface area contributed by atoms with Gasteiger partial charge in [-0.2, -0.15) is 0 Å². The first kappa shape index (κ1) is 9.70. The van der Waals surface area contributed by atoms with E-state index in [2.05, 4.69) is 11.9 Å². The molecule has 3 rings (SSSR count). The molecule has 1 aromatic rings. The van der Waals surface area contributed by atoms with Crippen LogP contribution >= 0.6 is 0 Å². The summed E-state index contributed by atoms with van der Waals surface area (Å²) in [6, 6.07) is 6.45. The lowest BCUT2D eigenvalue weighted by Gasteiger charge is -2.19. The molecular formula is C13H15NO2. The van der Waals surface area contributed by atoms with Gasteiger partial charge in [0.25, 0.3) is 0 Å². The second-order valence-electron chi connectivity index (χ2n) is 4.43. The van der Waals surface area contributed by atoms with Gasteiger partial charge < -0.3 is 9.47 Å². The number of rotatable bonds is 2. The fourth-order valence-corrected chi connectivity index (χ4v) is 1.88. The smallest absolute Gasteiger partial charge is 0.170 e. The highest BCUT2D eigenvalue weighted by atomic mass is 16.6. The summed E-state index contributed by atoms with van der Waals surface area (Å²) >= 11 is 0. The number of para-hydroxylation sites is 1. The maximum absolute atomic E-state index is 5.62. The minimum Gasteiger partial charge on any atom is -0.486 e. The van der Waals surface area contributed by atoms with Crippen LogP contribution in [0, 0.1) is 5.92 Å². The molecule has 1 aliphatic carbocycles. The Hall–Kier alpha value is -1.51. The Morgan fingerprint density at radius 3 is 2.94 bits per heavy atom. The van der Waals surface area contributed by atoms with Gasteiger partial charge in [0.1, 0.15) is 13.2 Å². The molecule has 16 heavy (non-hydrogen) atoms. The molecule has 1 saturated carbocycles. The van der Waals surface area contributed by atoms with Crippen LogP contribution in [0.3, 0.4) is 0 Å². The zero-order chi connectivity index (χ0) is 11.0. The van der Waals surface area contributed by atoms with Crippen LogP contribution in [0.15, 0.2) is 23.2 Å². The Morgan fingerprint density at radius 1 is 1.31 bits per heavy atom. The second-order valence-corrected chi connectivity index (χ2v) is 4.43. The predicted octanol–water partition coefficient (Wildman–Crippen LogP) is 2.29. The van der Waals surface area contributed by atoms with Crippen LogP contribution in [0.25, 0.3) is 0 Å². The topological polar surface area (TPSA) is 30.8 Å². The summed E-state index contributed by atoms with van der Waals surface area (Å²) in [6.07, 6.45) is 3.13. The van der Waals surface area contributed by atoms with Gasteiger partial charge in [0.2, 0.25) is 0 Å². The first-order chi connectivity index (χ1) is 7.84. The van der Waals surface area contributed by atoms with Crippen LogP contribution in [-0.4, -0.2) is 25.5 Å². The SMILES string of the molecule is CC1CC1N=Cc1cccc2c1OCCO2. The lowest BCUT2D eigenvalue weighted by Crippen LogP contribution is -2.16. The largest absolute Gasteiger partial charge is 0.486 e. The lowest BCUT2D eigenvalue weighted by atomic mass is 10.2. The van der Waals surface area contributed by atoms with Crippen molar-refractivity contribution < 1.29 is 9.47 Å². The number of aliphatic imine (C=N–C) groups is 1. The molecule has 1 fully saturated rings. The Balaban J connectivity index is 1.86. The molecule has 2 aliphatic rings. The van der Waals surface area contributed by atoms with Crippen LogP contribution in [0.1, 0.15) is 18.9 Å². The summed E-state index contributed by atoms with van der Waals surface area (Å²) in [7, 11) is 0. The molecule has 0 N–H and O–H groups in total. The van der Waals surface area contributed by atoms with Gasteiger partial charge in [0.05, 0.1) is 6.04 Å². The molecule has 0 spiro atoms. The highest BCUT2D eigenvalue weighted by Gasteiger charge is 2.31. The maximum atomic E-state index is 5.62. The molecule has 3 heteroatoms. The van der Waals surface area contributed by atoms with Gasteiger partial charge >= 0.3 is 0 Å². The van der Waals surface area contributed by atoms with Gasteiger partial charge in [-0.05, 0) is 24.5 Å². The Bertz CT molecular complexity index is 428. The monoisotopic (exact) mass is 217 g/mol. The minimum absolute atomic E-state index is 0.514. The normalized spacial score (nSPS) is 27.1. The van der Waals surface area contributed by atoms with E-state index in [0.717, 1.165) is 23.0 Å². The van der Waals surface area contributed by atoms with E-state index in [4.69, 9.17) is 9.47 Å². The highest BCUT2D eigenvalue weighted by Crippen LogP contribution is 2.35. The third kappa shape index (κ3) is 1.77. The summed E-state index contributed by atoms with van der Waals surface area (Å²) in [5.41, 5.74) is 1.02. The molecule has 1 aliphatic heterocycles. The molecule has 84 valence electrons. The first-order valence-electron chi connectivity index (χ1n) is 5.76. The zero-order valence-electron chi connectivity index (χ0n) is 9.35. The van der Waals surface area contributed by atoms with E-state index in [1.807, 2.05) is 24.4 Å². The van der Waals surface area contributed by atoms with Gasteiger partial charge in [-0.25, -0.2) is 0 Å². The van der Waals surface area contributed by atoms with Crippen molar-refractivity contribution >= 4 is 6.21 Å². The zero-order valence-corrected chi connectivity index (χ0v) is 9.35. The summed E-state index contributed by atoms with van der Waals surface area (Å²) < 4.78 is 11.1. The van der Waals surface area contributed by atoms with Crippen molar-refractivity contribution in [3.8, 4) is 11.5 Å². The average Bonchev–Trinajstić information content (AvgIpc) is 3.03. The molecular weight excluding hydrogens is 202 g/mol. The summed E-state index contributed by atoms with van der Waals surface area (Å²) in [4.78, 5) is 4.53. The van der Waals surface area contributed by atoms with Crippen LogP contribution in [-0.2, 0) is 0 Å². The van der Waals surface area contributed by atoms with Crippen molar-refractivity contribution in [2.45, 2.75) is 19.4 Å². The Kier molecular flexibility index (Phi) is 2.31. The molecule has 1 aromatic carbocycles. The Labute approximate surface area is 95.1 Å². The van der Waals surface area contributed by atoms with Crippen molar-refractivity contribution in [2.24, 2.45) is 10.9 Å². The Morgan fingerprint density at radius 2 is 2.12 bits per heavy atom. The second kappa shape index (κ2) is 3.81.